The highest BCUT2D eigenvalue weighted by Crippen LogP contribution is 2.26. The van der Waals surface area contributed by atoms with Gasteiger partial charge < -0.3 is 4.18 Å². The summed E-state index contributed by atoms with van der Waals surface area (Å²) in [4.78, 5) is 22.6. The predicted molar refractivity (Wildman–Crippen MR) is 64.3 cm³/mol. The summed E-state index contributed by atoms with van der Waals surface area (Å²) in [5.74, 6) is -1.37. The van der Waals surface area contributed by atoms with E-state index in [2.05, 4.69) is 9.50 Å². The topological polar surface area (TPSA) is 89.5 Å². The van der Waals surface area contributed by atoms with Crippen LogP contribution in [0.25, 0.3) is 0 Å². The number of benzene rings is 1. The molecule has 1 atom stereocenters. The van der Waals surface area contributed by atoms with Crippen molar-refractivity contribution in [3.63, 3.8) is 0 Å². The van der Waals surface area contributed by atoms with Crippen LogP contribution in [0.15, 0.2) is 24.3 Å². The molecule has 1 N–H and O–H groups in total. The smallest absolute Gasteiger partial charge is 0.358 e. The third-order valence-electron chi connectivity index (χ3n) is 2.72. The minimum atomic E-state index is -5.06. The van der Waals surface area contributed by atoms with Gasteiger partial charge in [0, 0.05) is 7.85 Å². The molecule has 2 amide bonds. The van der Waals surface area contributed by atoms with Gasteiger partial charge in [-0.05, 0) is 24.1 Å². The van der Waals surface area contributed by atoms with Gasteiger partial charge in [-0.3, -0.25) is 14.9 Å². The summed E-state index contributed by atoms with van der Waals surface area (Å²) in [5.41, 5.74) is 0.605. The van der Waals surface area contributed by atoms with Gasteiger partial charge in [0.05, 0.1) is 5.92 Å². The van der Waals surface area contributed by atoms with Crippen molar-refractivity contribution in [1.29, 1.82) is 0 Å². The van der Waals surface area contributed by atoms with Gasteiger partial charge in [-0.1, -0.05) is 16.0 Å². The minimum absolute atomic E-state index is 0. The van der Waals surface area contributed by atoms with Crippen LogP contribution in [0, 0.1) is 0 Å². The highest BCUT2D eigenvalue weighted by molar-refractivity contribution is 7.81. The van der Waals surface area contributed by atoms with E-state index in [1.54, 1.807) is 0 Å². The number of hydrogen-bond donors (Lipinski definition) is 1. The Morgan fingerprint density at radius 1 is 1.26 bits per heavy atom. The lowest BCUT2D eigenvalue weighted by Gasteiger charge is -2.21. The maximum absolute atomic E-state index is 12.3. The molecule has 1 aromatic carbocycles. The monoisotopic (exact) mass is 289 g/mol. The number of piperidine rings is 1. The Balaban J connectivity index is 0.00000200. The summed E-state index contributed by atoms with van der Waals surface area (Å²) < 4.78 is 36.9. The summed E-state index contributed by atoms with van der Waals surface area (Å²) >= 11 is 0. The van der Waals surface area contributed by atoms with E-state index in [-0.39, 0.29) is 19.5 Å². The van der Waals surface area contributed by atoms with Gasteiger partial charge in [-0.2, -0.15) is 8.42 Å². The van der Waals surface area contributed by atoms with Crippen molar-refractivity contribution in [3.8, 4) is 5.75 Å². The fourth-order valence-electron chi connectivity index (χ4n) is 1.88. The first-order valence-electron chi connectivity index (χ1n) is 5.43. The molecule has 1 fully saturated rings. The van der Waals surface area contributed by atoms with Crippen LogP contribution in [-0.4, -0.2) is 20.2 Å². The van der Waals surface area contributed by atoms with E-state index in [9.17, 15) is 21.9 Å². The third kappa shape index (κ3) is 3.50. The lowest BCUT2D eigenvalue weighted by molar-refractivity contribution is -0.134. The number of imide groups is 1. The molecule has 1 saturated heterocycles. The largest absolute Gasteiger partial charge is 0.488 e. The fourth-order valence-corrected chi connectivity index (χ4v) is 2.22. The summed E-state index contributed by atoms with van der Waals surface area (Å²) in [6, 6.07) is 5.41. The minimum Gasteiger partial charge on any atom is -0.358 e. The Morgan fingerprint density at radius 2 is 1.89 bits per heavy atom. The Hall–Kier alpha value is -1.96. The van der Waals surface area contributed by atoms with Crippen molar-refractivity contribution in [2.75, 3.05) is 0 Å². The molecule has 104 valence electrons. The zero-order valence-corrected chi connectivity index (χ0v) is 10.4. The van der Waals surface area contributed by atoms with Crippen LogP contribution in [0.4, 0.5) is 3.89 Å². The van der Waals surface area contributed by atoms with Crippen LogP contribution in [0.3, 0.4) is 0 Å². The van der Waals surface area contributed by atoms with Crippen LogP contribution in [0.1, 0.15) is 25.7 Å². The molecular formula is C11H12FNO5S. The second-order valence-electron chi connectivity index (χ2n) is 4.05. The molecule has 1 unspecified atom stereocenters. The molecule has 8 heteroatoms. The van der Waals surface area contributed by atoms with Crippen molar-refractivity contribution in [1.82, 2.24) is 5.32 Å². The van der Waals surface area contributed by atoms with Crippen LogP contribution < -0.4 is 9.50 Å². The van der Waals surface area contributed by atoms with Gasteiger partial charge in [0.1, 0.15) is 5.75 Å². The predicted octanol–water partition coefficient (Wildman–Crippen LogP) is 1.05. The molecule has 2 rings (SSSR count). The highest BCUT2D eigenvalue weighted by atomic mass is 32.3. The number of amides is 2. The SMILES string of the molecule is O=C1CCC(c2ccc(OS(=O)(=O)F)cc2)C(=O)N1.[HH]. The molecule has 6 nitrogen and oxygen atoms in total. The number of carbonyl (C=O) groups is 2. The molecule has 0 aliphatic carbocycles. The van der Waals surface area contributed by atoms with Crippen molar-refractivity contribution in [2.24, 2.45) is 0 Å². The van der Waals surface area contributed by atoms with Gasteiger partial charge in [0.15, 0.2) is 0 Å². The van der Waals surface area contributed by atoms with Crippen LogP contribution >= 0.6 is 0 Å². The van der Waals surface area contributed by atoms with E-state index in [1.807, 2.05) is 0 Å². The average Bonchev–Trinajstić information content (AvgIpc) is 2.28. The fraction of sp³-hybridized carbons (Fsp3) is 0.273. The number of carbonyl (C=O) groups excluding carboxylic acids is 2. The third-order valence-corrected chi connectivity index (χ3v) is 3.11. The van der Waals surface area contributed by atoms with Gasteiger partial charge in [0.2, 0.25) is 11.8 Å². The van der Waals surface area contributed by atoms with Gasteiger partial charge in [-0.25, -0.2) is 0 Å². The molecule has 0 spiro atoms. The van der Waals surface area contributed by atoms with Crippen molar-refractivity contribution >= 4 is 22.3 Å². The lowest BCUT2D eigenvalue weighted by atomic mass is 9.90. The maximum Gasteiger partial charge on any atom is 0.488 e. The summed E-state index contributed by atoms with van der Waals surface area (Å²) in [6.07, 6.45) is 0.625. The number of hydrogen-bond acceptors (Lipinski definition) is 5. The average molecular weight is 289 g/mol. The molecule has 0 aromatic heterocycles. The Morgan fingerprint density at radius 3 is 2.42 bits per heavy atom. The molecule has 1 aromatic rings. The maximum atomic E-state index is 12.3. The van der Waals surface area contributed by atoms with E-state index in [0.717, 1.165) is 0 Å². The molecule has 0 saturated carbocycles. The Labute approximate surface area is 110 Å². The Kier molecular flexibility index (Phi) is 3.52. The molecule has 19 heavy (non-hydrogen) atoms. The standard InChI is InChI=1S/C11H10FNO5S.H2/c12-19(16,17)18-8-3-1-7(2-4-8)9-5-6-10(14)13-11(9)15;/h1-4,9H,5-6H2,(H,13,14,15);1H. The van der Waals surface area contributed by atoms with Crippen molar-refractivity contribution < 1.29 is 27.5 Å². The van der Waals surface area contributed by atoms with Crippen LogP contribution in [0.2, 0.25) is 0 Å². The van der Waals surface area contributed by atoms with Crippen molar-refractivity contribution in [3.05, 3.63) is 29.8 Å². The number of halogens is 1. The van der Waals surface area contributed by atoms with Crippen molar-refractivity contribution in [2.45, 2.75) is 18.8 Å². The first kappa shape index (κ1) is 13.5. The molecule has 1 aliphatic rings. The molecular weight excluding hydrogens is 277 g/mol. The van der Waals surface area contributed by atoms with E-state index >= 15 is 0 Å². The highest BCUT2D eigenvalue weighted by Gasteiger charge is 2.27. The molecule has 1 aliphatic heterocycles. The van der Waals surface area contributed by atoms with Gasteiger partial charge in [-0.15, -0.1) is 0 Å². The molecule has 0 bridgehead atoms. The number of rotatable bonds is 3. The first-order valence-corrected chi connectivity index (χ1v) is 6.74. The van der Waals surface area contributed by atoms with E-state index in [4.69, 9.17) is 0 Å². The van der Waals surface area contributed by atoms with E-state index in [1.165, 1.54) is 24.3 Å². The Bertz CT molecular complexity index is 616. The van der Waals surface area contributed by atoms with E-state index in [0.29, 0.717) is 12.0 Å². The quantitative estimate of drug-likeness (QED) is 0.663. The zero-order chi connectivity index (χ0) is 14.0. The second-order valence-corrected chi connectivity index (χ2v) is 5.00. The molecule has 0 radical (unpaired) electrons. The lowest BCUT2D eigenvalue weighted by Crippen LogP contribution is -2.39. The molecule has 1 heterocycles. The van der Waals surface area contributed by atoms with Crippen LogP contribution in [-0.2, 0) is 20.1 Å². The first-order chi connectivity index (χ1) is 8.85. The summed E-state index contributed by atoms with van der Waals surface area (Å²) in [7, 11) is -5.06. The van der Waals surface area contributed by atoms with Crippen LogP contribution in [0.5, 0.6) is 5.75 Å². The van der Waals surface area contributed by atoms with Gasteiger partial charge in [0.25, 0.3) is 0 Å². The number of nitrogens with one attached hydrogen (secondary N) is 1. The summed E-state index contributed by atoms with van der Waals surface area (Å²) in [6.45, 7) is 0. The zero-order valence-electron chi connectivity index (χ0n) is 9.63. The second kappa shape index (κ2) is 4.96. The van der Waals surface area contributed by atoms with E-state index < -0.39 is 22.3 Å². The normalized spacial score (nSPS) is 19.9. The van der Waals surface area contributed by atoms with Gasteiger partial charge >= 0.3 is 10.5 Å². The summed E-state index contributed by atoms with van der Waals surface area (Å²) in [5, 5.41) is 2.22.